The molecule has 1 aliphatic rings. The SMILES string of the molecule is CC(C)(C)OC(=O)NCCC(=O)NCC1CCN(C(=O)c2ccc(C(F)(F)F)cc2)CC1. The fourth-order valence-electron chi connectivity index (χ4n) is 3.26. The van der Waals surface area contributed by atoms with Crippen molar-refractivity contribution < 1.29 is 32.3 Å². The summed E-state index contributed by atoms with van der Waals surface area (Å²) in [5.41, 5.74) is -1.17. The number of alkyl halides is 3. The number of rotatable bonds is 6. The zero-order valence-electron chi connectivity index (χ0n) is 18.6. The van der Waals surface area contributed by atoms with Gasteiger partial charge in [-0.05, 0) is 63.8 Å². The van der Waals surface area contributed by atoms with Gasteiger partial charge in [0.2, 0.25) is 5.91 Å². The third-order valence-electron chi connectivity index (χ3n) is 4.97. The molecule has 1 aromatic carbocycles. The topological polar surface area (TPSA) is 87.7 Å². The van der Waals surface area contributed by atoms with Gasteiger partial charge in [-0.3, -0.25) is 9.59 Å². The number of piperidine rings is 1. The van der Waals surface area contributed by atoms with Crippen LogP contribution < -0.4 is 10.6 Å². The van der Waals surface area contributed by atoms with Crippen molar-refractivity contribution in [1.29, 1.82) is 0 Å². The number of carbonyl (C=O) groups is 3. The molecule has 0 bridgehead atoms. The summed E-state index contributed by atoms with van der Waals surface area (Å²) in [5, 5.41) is 5.35. The number of alkyl carbamates (subject to hydrolysis) is 1. The largest absolute Gasteiger partial charge is 0.444 e. The summed E-state index contributed by atoms with van der Waals surface area (Å²) in [6, 6.07) is 4.21. The highest BCUT2D eigenvalue weighted by atomic mass is 19.4. The molecule has 1 aromatic rings. The summed E-state index contributed by atoms with van der Waals surface area (Å²) in [5.74, 6) is -0.284. The number of hydrogen-bond acceptors (Lipinski definition) is 4. The van der Waals surface area contributed by atoms with Gasteiger partial charge in [0.1, 0.15) is 5.60 Å². The van der Waals surface area contributed by atoms with Crippen molar-refractivity contribution >= 4 is 17.9 Å². The van der Waals surface area contributed by atoms with Crippen molar-refractivity contribution in [3.8, 4) is 0 Å². The Morgan fingerprint density at radius 3 is 2.16 bits per heavy atom. The van der Waals surface area contributed by atoms with Crippen LogP contribution in [0, 0.1) is 5.92 Å². The van der Waals surface area contributed by atoms with E-state index in [0.29, 0.717) is 32.5 Å². The summed E-state index contributed by atoms with van der Waals surface area (Å²) < 4.78 is 43.1. The Morgan fingerprint density at radius 1 is 1.03 bits per heavy atom. The summed E-state index contributed by atoms with van der Waals surface area (Å²) >= 11 is 0. The van der Waals surface area contributed by atoms with E-state index in [1.54, 1.807) is 25.7 Å². The van der Waals surface area contributed by atoms with E-state index in [1.807, 2.05) is 0 Å². The second kappa shape index (κ2) is 10.7. The van der Waals surface area contributed by atoms with Crippen LogP contribution in [0.5, 0.6) is 0 Å². The number of amides is 3. The average molecular weight is 457 g/mol. The van der Waals surface area contributed by atoms with Gasteiger partial charge in [0.05, 0.1) is 5.56 Å². The highest BCUT2D eigenvalue weighted by Crippen LogP contribution is 2.29. The predicted octanol–water partition coefficient (Wildman–Crippen LogP) is 3.59. The van der Waals surface area contributed by atoms with Gasteiger partial charge in [0.15, 0.2) is 0 Å². The van der Waals surface area contributed by atoms with Crippen LogP contribution in [0.15, 0.2) is 24.3 Å². The minimum atomic E-state index is -4.43. The van der Waals surface area contributed by atoms with Gasteiger partial charge in [-0.25, -0.2) is 4.79 Å². The molecule has 2 rings (SSSR count). The molecular weight excluding hydrogens is 427 g/mol. The normalized spacial score (nSPS) is 15.2. The molecule has 1 aliphatic heterocycles. The fourth-order valence-corrected chi connectivity index (χ4v) is 3.26. The Labute approximate surface area is 185 Å². The highest BCUT2D eigenvalue weighted by Gasteiger charge is 2.31. The Morgan fingerprint density at radius 2 is 1.62 bits per heavy atom. The molecule has 2 N–H and O–H groups in total. The molecule has 0 unspecified atom stereocenters. The summed E-state index contributed by atoms with van der Waals surface area (Å²) in [4.78, 5) is 37.6. The molecule has 0 atom stereocenters. The lowest BCUT2D eigenvalue weighted by Crippen LogP contribution is -2.42. The molecule has 0 spiro atoms. The lowest BCUT2D eigenvalue weighted by molar-refractivity contribution is -0.137. The van der Waals surface area contributed by atoms with Crippen molar-refractivity contribution in [3.63, 3.8) is 0 Å². The van der Waals surface area contributed by atoms with E-state index in [-0.39, 0.29) is 36.3 Å². The van der Waals surface area contributed by atoms with Gasteiger partial charge < -0.3 is 20.3 Å². The Hall–Kier alpha value is -2.78. The summed E-state index contributed by atoms with van der Waals surface area (Å²) in [6.07, 6.45) is -3.51. The van der Waals surface area contributed by atoms with E-state index in [2.05, 4.69) is 10.6 Å². The molecule has 3 amide bonds. The van der Waals surface area contributed by atoms with Gasteiger partial charge >= 0.3 is 12.3 Å². The monoisotopic (exact) mass is 457 g/mol. The second-order valence-corrected chi connectivity index (χ2v) is 8.79. The maximum Gasteiger partial charge on any atom is 0.416 e. The van der Waals surface area contributed by atoms with Gasteiger partial charge in [0, 0.05) is 38.2 Å². The van der Waals surface area contributed by atoms with Gasteiger partial charge in [-0.1, -0.05) is 0 Å². The number of likely N-dealkylation sites (tertiary alicyclic amines) is 1. The van der Waals surface area contributed by atoms with Crippen LogP contribution in [0.3, 0.4) is 0 Å². The third kappa shape index (κ3) is 8.39. The maximum absolute atomic E-state index is 12.7. The first-order valence-electron chi connectivity index (χ1n) is 10.6. The van der Waals surface area contributed by atoms with Crippen molar-refractivity contribution in [3.05, 3.63) is 35.4 Å². The average Bonchev–Trinajstić information content (AvgIpc) is 2.70. The molecule has 10 heteroatoms. The molecule has 1 saturated heterocycles. The molecule has 1 fully saturated rings. The molecule has 0 radical (unpaired) electrons. The molecule has 178 valence electrons. The standard InChI is InChI=1S/C22H30F3N3O4/c1-21(2,3)32-20(31)26-11-8-18(29)27-14-15-9-12-28(13-10-15)19(30)16-4-6-17(7-5-16)22(23,24)25/h4-7,15H,8-14H2,1-3H3,(H,26,31)(H,27,29). The van der Waals surface area contributed by atoms with Gasteiger partial charge in [-0.15, -0.1) is 0 Å². The smallest absolute Gasteiger partial charge is 0.416 e. The molecular formula is C22H30F3N3O4. The van der Waals surface area contributed by atoms with Crippen molar-refractivity contribution in [1.82, 2.24) is 15.5 Å². The molecule has 0 saturated carbocycles. The molecule has 0 aromatic heterocycles. The van der Waals surface area contributed by atoms with Crippen LogP contribution in [-0.2, 0) is 15.7 Å². The first kappa shape index (κ1) is 25.5. The predicted molar refractivity (Wildman–Crippen MR) is 112 cm³/mol. The van der Waals surface area contributed by atoms with Crippen molar-refractivity contribution in [2.75, 3.05) is 26.2 Å². The minimum Gasteiger partial charge on any atom is -0.444 e. The first-order valence-corrected chi connectivity index (χ1v) is 10.6. The number of nitrogens with one attached hydrogen (secondary N) is 2. The minimum absolute atomic E-state index is 0.129. The van der Waals surface area contributed by atoms with Crippen LogP contribution >= 0.6 is 0 Å². The Balaban J connectivity index is 1.68. The van der Waals surface area contributed by atoms with Crippen LogP contribution in [0.2, 0.25) is 0 Å². The number of hydrogen-bond donors (Lipinski definition) is 2. The molecule has 7 nitrogen and oxygen atoms in total. The molecule has 32 heavy (non-hydrogen) atoms. The number of benzene rings is 1. The van der Waals surface area contributed by atoms with Crippen LogP contribution in [-0.4, -0.2) is 54.6 Å². The van der Waals surface area contributed by atoms with E-state index in [9.17, 15) is 27.6 Å². The maximum atomic E-state index is 12.7. The van der Waals surface area contributed by atoms with Gasteiger partial charge in [0.25, 0.3) is 5.91 Å². The zero-order chi connectivity index (χ0) is 23.9. The van der Waals surface area contributed by atoms with Crippen LogP contribution in [0.25, 0.3) is 0 Å². The van der Waals surface area contributed by atoms with E-state index < -0.39 is 23.4 Å². The van der Waals surface area contributed by atoms with Crippen molar-refractivity contribution in [2.24, 2.45) is 5.92 Å². The fraction of sp³-hybridized carbons (Fsp3) is 0.591. The van der Waals surface area contributed by atoms with E-state index >= 15 is 0 Å². The molecule has 0 aliphatic carbocycles. The van der Waals surface area contributed by atoms with Crippen LogP contribution in [0.4, 0.5) is 18.0 Å². The zero-order valence-corrected chi connectivity index (χ0v) is 18.6. The van der Waals surface area contributed by atoms with Crippen molar-refractivity contribution in [2.45, 2.75) is 51.8 Å². The van der Waals surface area contributed by atoms with E-state index in [0.717, 1.165) is 12.1 Å². The van der Waals surface area contributed by atoms with E-state index in [1.165, 1.54) is 12.1 Å². The second-order valence-electron chi connectivity index (χ2n) is 8.79. The number of halogens is 3. The third-order valence-corrected chi connectivity index (χ3v) is 4.97. The Bertz CT molecular complexity index is 796. The summed E-state index contributed by atoms with van der Waals surface area (Å²) in [6.45, 7) is 6.83. The van der Waals surface area contributed by atoms with Gasteiger partial charge in [-0.2, -0.15) is 13.2 Å². The number of nitrogens with zero attached hydrogens (tertiary/aromatic N) is 1. The quantitative estimate of drug-likeness (QED) is 0.684. The number of ether oxygens (including phenoxy) is 1. The lowest BCUT2D eigenvalue weighted by Gasteiger charge is -2.32. The summed E-state index contributed by atoms with van der Waals surface area (Å²) in [7, 11) is 0. The highest BCUT2D eigenvalue weighted by molar-refractivity contribution is 5.94. The Kier molecular flexibility index (Phi) is 8.51. The van der Waals surface area contributed by atoms with Crippen LogP contribution in [0.1, 0.15) is 56.0 Å². The van der Waals surface area contributed by atoms with E-state index in [4.69, 9.17) is 4.74 Å². The molecule has 1 heterocycles. The first-order chi connectivity index (χ1) is 14.8. The number of carbonyl (C=O) groups excluding carboxylic acids is 3. The lowest BCUT2D eigenvalue weighted by atomic mass is 9.96.